The Bertz CT molecular complexity index is 303. The zero-order valence-electron chi connectivity index (χ0n) is 13.6. The van der Waals surface area contributed by atoms with Crippen molar-refractivity contribution >= 4 is 0 Å². The first-order valence-electron chi connectivity index (χ1n) is 7.95. The van der Waals surface area contributed by atoms with Gasteiger partial charge in [-0.1, -0.05) is 13.8 Å². The van der Waals surface area contributed by atoms with Crippen LogP contribution in [0.1, 0.15) is 47.0 Å². The van der Waals surface area contributed by atoms with E-state index < -0.39 is 0 Å². The van der Waals surface area contributed by atoms with Gasteiger partial charge in [0.25, 0.3) is 0 Å². The fourth-order valence-corrected chi connectivity index (χ4v) is 4.43. The van der Waals surface area contributed by atoms with Crippen LogP contribution in [0.25, 0.3) is 0 Å². The summed E-state index contributed by atoms with van der Waals surface area (Å²) >= 11 is 0. The molecular weight excluding hydrogens is 234 g/mol. The highest BCUT2D eigenvalue weighted by atomic mass is 15.3. The summed E-state index contributed by atoms with van der Waals surface area (Å²) in [5.41, 5.74) is 6.79. The fourth-order valence-electron chi connectivity index (χ4n) is 4.43. The molecule has 0 aromatic rings. The van der Waals surface area contributed by atoms with Crippen molar-refractivity contribution in [1.29, 1.82) is 0 Å². The minimum absolute atomic E-state index is 0.260. The predicted octanol–water partition coefficient (Wildman–Crippen LogP) is 2.17. The molecule has 0 radical (unpaired) electrons. The van der Waals surface area contributed by atoms with Crippen LogP contribution < -0.4 is 5.73 Å². The molecule has 2 N–H and O–H groups in total. The van der Waals surface area contributed by atoms with E-state index in [1.54, 1.807) is 0 Å². The zero-order chi connectivity index (χ0) is 14.3. The molecule has 2 unspecified atom stereocenters. The van der Waals surface area contributed by atoms with Crippen LogP contribution in [0.3, 0.4) is 0 Å². The quantitative estimate of drug-likeness (QED) is 0.832. The second-order valence-electron chi connectivity index (χ2n) is 7.94. The molecule has 0 spiro atoms. The van der Waals surface area contributed by atoms with Gasteiger partial charge in [-0.2, -0.15) is 0 Å². The first-order chi connectivity index (χ1) is 8.79. The van der Waals surface area contributed by atoms with Crippen LogP contribution >= 0.6 is 0 Å². The summed E-state index contributed by atoms with van der Waals surface area (Å²) < 4.78 is 0. The molecule has 2 atom stereocenters. The van der Waals surface area contributed by atoms with Gasteiger partial charge < -0.3 is 5.73 Å². The van der Waals surface area contributed by atoms with Gasteiger partial charge in [-0.15, -0.1) is 0 Å². The standard InChI is InChI=1S/C16H33N3/c1-13-8-14(2)10-16(9-13,11-17)19-7-6-18(5)15(3,4)12-19/h13-14H,6-12,17H2,1-5H3. The molecule has 1 aliphatic heterocycles. The lowest BCUT2D eigenvalue weighted by atomic mass is 9.70. The molecule has 1 saturated heterocycles. The summed E-state index contributed by atoms with van der Waals surface area (Å²) in [6.45, 7) is 13.8. The molecule has 1 heterocycles. The van der Waals surface area contributed by atoms with Crippen molar-refractivity contribution in [2.24, 2.45) is 17.6 Å². The van der Waals surface area contributed by atoms with Crippen molar-refractivity contribution in [2.75, 3.05) is 33.2 Å². The van der Waals surface area contributed by atoms with Crippen molar-refractivity contribution in [3.05, 3.63) is 0 Å². The molecule has 0 aromatic carbocycles. The molecule has 2 fully saturated rings. The molecule has 19 heavy (non-hydrogen) atoms. The van der Waals surface area contributed by atoms with E-state index >= 15 is 0 Å². The third-order valence-corrected chi connectivity index (χ3v) is 5.63. The van der Waals surface area contributed by atoms with E-state index in [-0.39, 0.29) is 11.1 Å². The van der Waals surface area contributed by atoms with Gasteiger partial charge in [0.15, 0.2) is 0 Å². The Morgan fingerprint density at radius 2 is 1.68 bits per heavy atom. The number of hydrogen-bond acceptors (Lipinski definition) is 3. The number of hydrogen-bond donors (Lipinski definition) is 1. The Morgan fingerprint density at radius 1 is 1.11 bits per heavy atom. The summed E-state index contributed by atoms with van der Waals surface area (Å²) in [6, 6.07) is 0. The van der Waals surface area contributed by atoms with Gasteiger partial charge in [0.1, 0.15) is 0 Å². The summed E-state index contributed by atoms with van der Waals surface area (Å²) in [4.78, 5) is 5.21. The van der Waals surface area contributed by atoms with Gasteiger partial charge in [0, 0.05) is 37.3 Å². The summed E-state index contributed by atoms with van der Waals surface area (Å²) in [5.74, 6) is 1.63. The lowest BCUT2D eigenvalue weighted by Crippen LogP contribution is -2.67. The van der Waals surface area contributed by atoms with Crippen molar-refractivity contribution in [3.8, 4) is 0 Å². The van der Waals surface area contributed by atoms with E-state index in [2.05, 4.69) is 44.5 Å². The van der Waals surface area contributed by atoms with Gasteiger partial charge in [-0.25, -0.2) is 0 Å². The number of nitrogens with zero attached hydrogens (tertiary/aromatic N) is 2. The van der Waals surface area contributed by atoms with Crippen molar-refractivity contribution in [1.82, 2.24) is 9.80 Å². The lowest BCUT2D eigenvalue weighted by Gasteiger charge is -2.56. The van der Waals surface area contributed by atoms with Gasteiger partial charge in [0.2, 0.25) is 0 Å². The second-order valence-corrected chi connectivity index (χ2v) is 7.94. The Kier molecular flexibility index (Phi) is 4.29. The van der Waals surface area contributed by atoms with Gasteiger partial charge in [-0.05, 0) is 52.0 Å². The molecular formula is C16H33N3. The zero-order valence-corrected chi connectivity index (χ0v) is 13.6. The van der Waals surface area contributed by atoms with Crippen LogP contribution in [0.5, 0.6) is 0 Å². The van der Waals surface area contributed by atoms with Gasteiger partial charge in [0.05, 0.1) is 0 Å². The lowest BCUT2D eigenvalue weighted by molar-refractivity contribution is -0.0524. The number of likely N-dealkylation sites (N-methyl/N-ethyl adjacent to an activating group) is 1. The third kappa shape index (κ3) is 2.98. The topological polar surface area (TPSA) is 32.5 Å². The summed E-state index contributed by atoms with van der Waals surface area (Å²) in [5, 5.41) is 0. The van der Waals surface area contributed by atoms with Gasteiger partial charge in [-0.3, -0.25) is 9.80 Å². The van der Waals surface area contributed by atoms with Crippen LogP contribution in [0.15, 0.2) is 0 Å². The molecule has 0 bridgehead atoms. The average Bonchev–Trinajstić information content (AvgIpc) is 2.31. The SMILES string of the molecule is CC1CC(C)CC(CN)(N2CCN(C)C(C)(C)C2)C1. The Balaban J connectivity index is 2.17. The van der Waals surface area contributed by atoms with Crippen molar-refractivity contribution in [2.45, 2.75) is 58.0 Å². The van der Waals surface area contributed by atoms with E-state index in [0.717, 1.165) is 31.5 Å². The molecule has 1 saturated carbocycles. The normalized spacial score (nSPS) is 41.4. The Hall–Kier alpha value is -0.120. The maximum Gasteiger partial charge on any atom is 0.0338 e. The van der Waals surface area contributed by atoms with E-state index in [9.17, 15) is 0 Å². The molecule has 1 aliphatic carbocycles. The molecule has 112 valence electrons. The molecule has 2 rings (SSSR count). The van der Waals surface area contributed by atoms with Crippen LogP contribution in [0.2, 0.25) is 0 Å². The molecule has 0 aromatic heterocycles. The Morgan fingerprint density at radius 3 is 2.16 bits per heavy atom. The van der Waals surface area contributed by atoms with Crippen LogP contribution in [-0.4, -0.2) is 54.1 Å². The maximum atomic E-state index is 6.26. The monoisotopic (exact) mass is 267 g/mol. The van der Waals surface area contributed by atoms with Crippen molar-refractivity contribution in [3.63, 3.8) is 0 Å². The van der Waals surface area contributed by atoms with Crippen molar-refractivity contribution < 1.29 is 0 Å². The minimum Gasteiger partial charge on any atom is -0.329 e. The predicted molar refractivity (Wildman–Crippen MR) is 82.2 cm³/mol. The van der Waals surface area contributed by atoms with E-state index in [4.69, 9.17) is 5.73 Å². The smallest absolute Gasteiger partial charge is 0.0338 e. The van der Waals surface area contributed by atoms with Gasteiger partial charge >= 0.3 is 0 Å². The van der Waals surface area contributed by atoms with Crippen LogP contribution in [-0.2, 0) is 0 Å². The molecule has 0 amide bonds. The number of rotatable bonds is 2. The number of piperazine rings is 1. The van der Waals surface area contributed by atoms with Crippen LogP contribution in [0, 0.1) is 11.8 Å². The summed E-state index contributed by atoms with van der Waals surface area (Å²) in [6.07, 6.45) is 3.94. The number of nitrogens with two attached hydrogens (primary N) is 1. The van der Waals surface area contributed by atoms with E-state index in [0.29, 0.717) is 0 Å². The van der Waals surface area contributed by atoms with Crippen LogP contribution in [0.4, 0.5) is 0 Å². The minimum atomic E-state index is 0.260. The highest BCUT2D eigenvalue weighted by Crippen LogP contribution is 2.41. The first-order valence-corrected chi connectivity index (χ1v) is 7.95. The molecule has 3 heteroatoms. The second kappa shape index (κ2) is 5.34. The highest BCUT2D eigenvalue weighted by molar-refractivity contribution is 5.02. The third-order valence-electron chi connectivity index (χ3n) is 5.63. The molecule has 3 nitrogen and oxygen atoms in total. The fraction of sp³-hybridized carbons (Fsp3) is 1.00. The largest absolute Gasteiger partial charge is 0.329 e. The molecule has 2 aliphatic rings. The maximum absolute atomic E-state index is 6.26. The average molecular weight is 267 g/mol. The Labute approximate surface area is 119 Å². The first kappa shape index (κ1) is 15.3. The highest BCUT2D eigenvalue weighted by Gasteiger charge is 2.45. The summed E-state index contributed by atoms with van der Waals surface area (Å²) in [7, 11) is 2.25. The van der Waals surface area contributed by atoms with E-state index in [1.165, 1.54) is 25.8 Å². The van der Waals surface area contributed by atoms with E-state index in [1.807, 2.05) is 0 Å².